The zero-order valence-corrected chi connectivity index (χ0v) is 22.6. The van der Waals surface area contributed by atoms with E-state index in [0.29, 0.717) is 17.7 Å². The van der Waals surface area contributed by atoms with Crippen LogP contribution in [0.3, 0.4) is 0 Å². The molecule has 4 unspecified atom stereocenters. The van der Waals surface area contributed by atoms with E-state index in [1.54, 1.807) is 12.3 Å². The number of primary amides is 1. The van der Waals surface area contributed by atoms with Crippen molar-refractivity contribution in [3.05, 3.63) is 83.6 Å². The van der Waals surface area contributed by atoms with Crippen molar-refractivity contribution in [1.29, 1.82) is 0 Å². The number of rotatable bonds is 7. The molecule has 2 heterocycles. The molecule has 1 saturated heterocycles. The number of Topliss-reactive ketones (excluding diaryl/α,β-unsaturated/α-hetero) is 1. The van der Waals surface area contributed by atoms with Crippen LogP contribution in [0.1, 0.15) is 46.5 Å². The fraction of sp³-hybridized carbons (Fsp3) is 0.355. The number of nitrogens with zero attached hydrogens (tertiary/aromatic N) is 1. The van der Waals surface area contributed by atoms with Gasteiger partial charge >= 0.3 is 0 Å². The molecule has 0 saturated carbocycles. The molecule has 0 radical (unpaired) electrons. The van der Waals surface area contributed by atoms with Crippen LogP contribution in [0.15, 0.2) is 66.9 Å². The summed E-state index contributed by atoms with van der Waals surface area (Å²) in [5.74, 6) is -1.13. The quantitative estimate of drug-likeness (QED) is 0.222. The fourth-order valence-corrected chi connectivity index (χ4v) is 4.96. The van der Waals surface area contributed by atoms with E-state index in [1.165, 1.54) is 10.8 Å². The smallest absolute Gasteiger partial charge is 0.250 e. The van der Waals surface area contributed by atoms with Gasteiger partial charge in [0.15, 0.2) is 12.1 Å². The van der Waals surface area contributed by atoms with E-state index >= 15 is 0 Å². The molecule has 9 heteroatoms. The van der Waals surface area contributed by atoms with Gasteiger partial charge < -0.3 is 35.5 Å². The number of hydrogen-bond donors (Lipinski definition) is 5. The number of aliphatic hydroxyl groups excluding tert-OH is 4. The van der Waals surface area contributed by atoms with Crippen molar-refractivity contribution in [2.24, 2.45) is 17.6 Å². The third kappa shape index (κ3) is 6.41. The second-order valence-corrected chi connectivity index (χ2v) is 10.4. The maximum atomic E-state index is 12.4. The van der Waals surface area contributed by atoms with Gasteiger partial charge in [0, 0.05) is 41.5 Å². The predicted octanol–water partition coefficient (Wildman–Crippen LogP) is 2.84. The molecule has 212 valence electrons. The molecule has 1 aliphatic rings. The number of benzene rings is 3. The first-order chi connectivity index (χ1) is 19.1. The minimum atomic E-state index is -1.18. The van der Waals surface area contributed by atoms with Crippen LogP contribution in [-0.4, -0.2) is 68.4 Å². The van der Waals surface area contributed by atoms with Crippen LogP contribution in [0.2, 0.25) is 0 Å². The number of fused-ring (bicyclic) bond motifs is 2. The second kappa shape index (κ2) is 12.7. The molecule has 1 amide bonds. The summed E-state index contributed by atoms with van der Waals surface area (Å²) >= 11 is 0. The summed E-state index contributed by atoms with van der Waals surface area (Å²) < 4.78 is 6.89. The predicted molar refractivity (Wildman–Crippen MR) is 152 cm³/mol. The van der Waals surface area contributed by atoms with Gasteiger partial charge in [-0.2, -0.15) is 0 Å². The van der Waals surface area contributed by atoms with E-state index in [4.69, 9.17) is 20.7 Å². The van der Waals surface area contributed by atoms with E-state index in [-0.39, 0.29) is 31.3 Å². The molecule has 0 bridgehead atoms. The Bertz CT molecular complexity index is 1480. The van der Waals surface area contributed by atoms with Crippen LogP contribution in [0.25, 0.3) is 21.7 Å². The standard InChI is InChI=1S/C24H22N2O2.C7H14O5/c1-15(2)23(27)19-9-10-20-21(24(25)28)14-26(22(20)12-19)13-16-7-8-17-5-3-4-6-18(17)11-16;8-2-4-1-6(10)5(3-9)7(11)12-4/h3-12,14-15H,13H2,1-2H3,(H2,25,28);4-11H,1-3H2. The molecule has 1 aliphatic heterocycles. The summed E-state index contributed by atoms with van der Waals surface area (Å²) in [6, 6.07) is 20.0. The highest BCUT2D eigenvalue weighted by atomic mass is 16.6. The summed E-state index contributed by atoms with van der Waals surface area (Å²) in [6.07, 6.45) is -0.491. The summed E-state index contributed by atoms with van der Waals surface area (Å²) in [5, 5.41) is 39.0. The molecule has 40 heavy (non-hydrogen) atoms. The van der Waals surface area contributed by atoms with Gasteiger partial charge in [0.2, 0.25) is 0 Å². The lowest BCUT2D eigenvalue weighted by Crippen LogP contribution is -2.46. The first-order valence-electron chi connectivity index (χ1n) is 13.3. The first-order valence-corrected chi connectivity index (χ1v) is 13.3. The van der Waals surface area contributed by atoms with Crippen molar-refractivity contribution in [3.8, 4) is 0 Å². The first kappa shape index (κ1) is 29.4. The van der Waals surface area contributed by atoms with Gasteiger partial charge in [-0.1, -0.05) is 62.4 Å². The van der Waals surface area contributed by atoms with Crippen molar-refractivity contribution < 1.29 is 34.8 Å². The van der Waals surface area contributed by atoms with Gasteiger partial charge in [0.25, 0.3) is 5.91 Å². The van der Waals surface area contributed by atoms with E-state index in [0.717, 1.165) is 16.5 Å². The van der Waals surface area contributed by atoms with E-state index in [9.17, 15) is 19.8 Å². The highest BCUT2D eigenvalue weighted by Gasteiger charge is 2.35. The van der Waals surface area contributed by atoms with E-state index < -0.39 is 30.3 Å². The van der Waals surface area contributed by atoms with E-state index in [2.05, 4.69) is 30.3 Å². The topological polar surface area (TPSA) is 155 Å². The number of aromatic nitrogens is 1. The number of nitrogens with two attached hydrogens (primary N) is 1. The van der Waals surface area contributed by atoms with Crippen LogP contribution in [0.5, 0.6) is 0 Å². The van der Waals surface area contributed by atoms with Gasteiger partial charge in [-0.3, -0.25) is 9.59 Å². The summed E-state index contributed by atoms with van der Waals surface area (Å²) in [5.41, 5.74) is 8.67. The number of carbonyl (C=O) groups is 2. The van der Waals surface area contributed by atoms with Gasteiger partial charge in [-0.05, 0) is 28.5 Å². The average Bonchev–Trinajstić information content (AvgIpc) is 3.30. The Labute approximate surface area is 232 Å². The molecule has 5 rings (SSSR count). The SMILES string of the molecule is CC(C)C(=O)c1ccc2c(C(N)=O)cn(Cc3ccc4ccccc4c3)c2c1.OCC1CC(O)C(CO)C(O)O1. The molecule has 6 N–H and O–H groups in total. The Balaban J connectivity index is 0.000000259. The number of amides is 1. The molecule has 4 aromatic rings. The molecule has 1 fully saturated rings. The van der Waals surface area contributed by atoms with Gasteiger partial charge in [0.1, 0.15) is 0 Å². The molecule has 9 nitrogen and oxygen atoms in total. The molecule has 4 atom stereocenters. The van der Waals surface area contributed by atoms with Crippen molar-refractivity contribution >= 4 is 33.4 Å². The zero-order chi connectivity index (χ0) is 29.0. The third-order valence-electron chi connectivity index (χ3n) is 7.23. The lowest BCUT2D eigenvalue weighted by Gasteiger charge is -2.35. The highest BCUT2D eigenvalue weighted by molar-refractivity contribution is 6.08. The Kier molecular flexibility index (Phi) is 9.34. The molecular formula is C31H36N2O7. The van der Waals surface area contributed by atoms with Crippen molar-refractivity contribution in [2.45, 2.75) is 45.3 Å². The van der Waals surface area contributed by atoms with Gasteiger partial charge in [0.05, 0.1) is 36.9 Å². The number of ether oxygens (including phenoxy) is 1. The minimum Gasteiger partial charge on any atom is -0.396 e. The van der Waals surface area contributed by atoms with Crippen LogP contribution < -0.4 is 5.73 Å². The Hall–Kier alpha value is -3.60. The minimum absolute atomic E-state index is 0.0842. The number of hydrogen-bond acceptors (Lipinski definition) is 7. The lowest BCUT2D eigenvalue weighted by molar-refractivity contribution is -0.237. The molecule has 0 spiro atoms. The van der Waals surface area contributed by atoms with Crippen molar-refractivity contribution in [2.75, 3.05) is 13.2 Å². The van der Waals surface area contributed by atoms with E-state index in [1.807, 2.05) is 42.7 Å². The average molecular weight is 549 g/mol. The number of ketones is 1. The van der Waals surface area contributed by atoms with Gasteiger partial charge in [-0.25, -0.2) is 0 Å². The molecule has 3 aromatic carbocycles. The number of aliphatic hydroxyl groups is 4. The normalized spacial score (nSPS) is 20.9. The second-order valence-electron chi connectivity index (χ2n) is 10.4. The lowest BCUT2D eigenvalue weighted by atomic mass is 9.94. The molecule has 1 aromatic heterocycles. The monoisotopic (exact) mass is 548 g/mol. The van der Waals surface area contributed by atoms with Gasteiger partial charge in [-0.15, -0.1) is 0 Å². The van der Waals surface area contributed by atoms with Crippen LogP contribution in [-0.2, 0) is 11.3 Å². The number of carbonyl (C=O) groups excluding carboxylic acids is 2. The summed E-state index contributed by atoms with van der Waals surface area (Å²) in [4.78, 5) is 24.4. The Morgan fingerprint density at radius 2 is 1.73 bits per heavy atom. The molecular weight excluding hydrogens is 512 g/mol. The third-order valence-corrected chi connectivity index (χ3v) is 7.23. The largest absolute Gasteiger partial charge is 0.396 e. The Morgan fingerprint density at radius 3 is 2.35 bits per heavy atom. The van der Waals surface area contributed by atoms with Crippen molar-refractivity contribution in [1.82, 2.24) is 4.57 Å². The summed E-state index contributed by atoms with van der Waals surface area (Å²) in [7, 11) is 0. The summed E-state index contributed by atoms with van der Waals surface area (Å²) in [6.45, 7) is 3.81. The maximum Gasteiger partial charge on any atom is 0.250 e. The maximum absolute atomic E-state index is 12.4. The zero-order valence-electron chi connectivity index (χ0n) is 22.6. The Morgan fingerprint density at radius 1 is 1.00 bits per heavy atom. The molecule has 0 aliphatic carbocycles. The van der Waals surface area contributed by atoms with Crippen LogP contribution >= 0.6 is 0 Å². The van der Waals surface area contributed by atoms with Crippen molar-refractivity contribution in [3.63, 3.8) is 0 Å². The fourth-order valence-electron chi connectivity index (χ4n) is 4.96. The highest BCUT2D eigenvalue weighted by Crippen LogP contribution is 2.26. The van der Waals surface area contributed by atoms with Crippen LogP contribution in [0.4, 0.5) is 0 Å². The van der Waals surface area contributed by atoms with Crippen LogP contribution in [0, 0.1) is 11.8 Å².